The number of anilines is 1. The lowest BCUT2D eigenvalue weighted by atomic mass is 9.96. The number of piperidine rings is 1. The highest BCUT2D eigenvalue weighted by Gasteiger charge is 2.25. The monoisotopic (exact) mass is 380 g/mol. The van der Waals surface area contributed by atoms with Gasteiger partial charge in [-0.1, -0.05) is 24.3 Å². The highest BCUT2D eigenvalue weighted by molar-refractivity contribution is 5.63. The Balaban J connectivity index is 1.08. The predicted molar refractivity (Wildman–Crippen MR) is 110 cm³/mol. The highest BCUT2D eigenvalue weighted by Crippen LogP contribution is 2.37. The number of nitrogens with one attached hydrogen (secondary N) is 1. The third kappa shape index (κ3) is 3.63. The van der Waals surface area contributed by atoms with Gasteiger partial charge in [0.15, 0.2) is 11.5 Å². The molecule has 5 rings (SSSR count). The predicted octanol–water partition coefficient (Wildman–Crippen LogP) is 3.27. The molecule has 1 saturated heterocycles. The van der Waals surface area contributed by atoms with Gasteiger partial charge in [0.2, 0.25) is 0 Å². The topological polar surface area (TPSA) is 43.0 Å². The van der Waals surface area contributed by atoms with Gasteiger partial charge in [0.05, 0.1) is 12.3 Å². The molecule has 0 radical (unpaired) electrons. The summed E-state index contributed by atoms with van der Waals surface area (Å²) in [6, 6.07) is 14.5. The first-order chi connectivity index (χ1) is 13.9. The summed E-state index contributed by atoms with van der Waals surface area (Å²) in [6.45, 7) is 5.50. The zero-order valence-electron chi connectivity index (χ0n) is 16.2. The summed E-state index contributed by atoms with van der Waals surface area (Å²) >= 11 is 0. The van der Waals surface area contributed by atoms with Gasteiger partial charge in [0.1, 0.15) is 18.5 Å². The van der Waals surface area contributed by atoms with Crippen molar-refractivity contribution in [3.05, 3.63) is 48.0 Å². The summed E-state index contributed by atoms with van der Waals surface area (Å²) in [4.78, 5) is 2.50. The minimum absolute atomic E-state index is 0.0824. The van der Waals surface area contributed by atoms with Crippen LogP contribution in [0, 0.1) is 5.92 Å². The molecule has 2 aromatic rings. The van der Waals surface area contributed by atoms with Crippen molar-refractivity contribution in [3.63, 3.8) is 0 Å². The van der Waals surface area contributed by atoms with Crippen LogP contribution < -0.4 is 24.4 Å². The molecule has 1 N–H and O–H groups in total. The Kier molecular flexibility index (Phi) is 5.00. The van der Waals surface area contributed by atoms with Gasteiger partial charge < -0.3 is 24.4 Å². The number of ether oxygens (including phenoxy) is 3. The van der Waals surface area contributed by atoms with E-state index in [1.165, 1.54) is 24.1 Å². The van der Waals surface area contributed by atoms with Crippen LogP contribution >= 0.6 is 0 Å². The van der Waals surface area contributed by atoms with E-state index in [-0.39, 0.29) is 6.10 Å². The second-order valence-electron chi connectivity index (χ2n) is 7.95. The van der Waals surface area contributed by atoms with Gasteiger partial charge in [-0.3, -0.25) is 0 Å². The van der Waals surface area contributed by atoms with Gasteiger partial charge in [-0.2, -0.15) is 0 Å². The van der Waals surface area contributed by atoms with E-state index in [9.17, 15) is 0 Å². The Labute approximate surface area is 166 Å². The summed E-state index contributed by atoms with van der Waals surface area (Å²) in [5.41, 5.74) is 2.64. The Bertz CT molecular complexity index is 817. The van der Waals surface area contributed by atoms with Crippen molar-refractivity contribution in [1.82, 2.24) is 5.32 Å². The Morgan fingerprint density at radius 1 is 0.929 bits per heavy atom. The Morgan fingerprint density at radius 2 is 1.79 bits per heavy atom. The first-order valence-electron chi connectivity index (χ1n) is 10.5. The second kappa shape index (κ2) is 7.92. The van der Waals surface area contributed by atoms with Gasteiger partial charge in [0.25, 0.3) is 0 Å². The lowest BCUT2D eigenvalue weighted by molar-refractivity contribution is 0.0894. The van der Waals surface area contributed by atoms with E-state index in [0.717, 1.165) is 56.5 Å². The molecule has 148 valence electrons. The van der Waals surface area contributed by atoms with E-state index < -0.39 is 0 Å². The van der Waals surface area contributed by atoms with E-state index in [0.29, 0.717) is 12.5 Å². The van der Waals surface area contributed by atoms with Crippen molar-refractivity contribution in [2.24, 2.45) is 5.92 Å². The molecule has 0 amide bonds. The fraction of sp³-hybridized carbons (Fsp3) is 0.478. The van der Waals surface area contributed by atoms with Crippen molar-refractivity contribution < 1.29 is 14.2 Å². The minimum atomic E-state index is 0.0824. The Hall–Kier alpha value is -2.40. The van der Waals surface area contributed by atoms with Crippen molar-refractivity contribution >= 4 is 5.69 Å². The van der Waals surface area contributed by atoms with E-state index in [2.05, 4.69) is 28.4 Å². The lowest BCUT2D eigenvalue weighted by Gasteiger charge is -2.34. The standard InChI is InChI=1S/C23H28N2O3/c1-2-7-22-21(6-1)27-16-19(28-22)15-24-14-17-8-11-25(12-9-17)20-5-3-4-18-10-13-26-23(18)20/h1-7,17,19,24H,8-16H2/t19-/m1/s1. The summed E-state index contributed by atoms with van der Waals surface area (Å²) in [6.07, 6.45) is 3.54. The molecule has 1 fully saturated rings. The van der Waals surface area contributed by atoms with Gasteiger partial charge >= 0.3 is 0 Å². The molecular formula is C23H28N2O3. The largest absolute Gasteiger partial charge is 0.491 e. The summed E-state index contributed by atoms with van der Waals surface area (Å²) in [5, 5.41) is 3.60. The number of fused-ring (bicyclic) bond motifs is 2. The second-order valence-corrected chi connectivity index (χ2v) is 7.95. The van der Waals surface area contributed by atoms with Crippen LogP contribution in [0.5, 0.6) is 17.2 Å². The van der Waals surface area contributed by atoms with E-state index in [1.54, 1.807) is 0 Å². The molecule has 3 heterocycles. The minimum Gasteiger partial charge on any atom is -0.491 e. The number of nitrogens with zero attached hydrogens (tertiary/aromatic N) is 1. The van der Waals surface area contributed by atoms with Gasteiger partial charge in [0, 0.05) is 26.1 Å². The van der Waals surface area contributed by atoms with Crippen LogP contribution in [0.4, 0.5) is 5.69 Å². The summed E-state index contributed by atoms with van der Waals surface area (Å²) < 4.78 is 17.7. The number of rotatable bonds is 5. The Morgan fingerprint density at radius 3 is 2.68 bits per heavy atom. The van der Waals surface area contributed by atoms with Crippen LogP contribution in [0.2, 0.25) is 0 Å². The third-order valence-corrected chi connectivity index (χ3v) is 6.02. The molecule has 3 aliphatic rings. The SMILES string of the molecule is c1ccc2c(c1)OC[C@@H](CNCC1CCN(c3cccc4c3OCC4)CC1)O2. The maximum Gasteiger partial charge on any atom is 0.161 e. The van der Waals surface area contributed by atoms with Crippen LogP contribution in [0.1, 0.15) is 18.4 Å². The number of hydrogen-bond donors (Lipinski definition) is 1. The summed E-state index contributed by atoms with van der Waals surface area (Å²) in [5.74, 6) is 3.54. The number of hydrogen-bond acceptors (Lipinski definition) is 5. The van der Waals surface area contributed by atoms with E-state index in [4.69, 9.17) is 14.2 Å². The van der Waals surface area contributed by atoms with Crippen molar-refractivity contribution in [2.45, 2.75) is 25.4 Å². The molecule has 0 unspecified atom stereocenters. The van der Waals surface area contributed by atoms with Gasteiger partial charge in [-0.05, 0) is 49.1 Å². The summed E-state index contributed by atoms with van der Waals surface area (Å²) in [7, 11) is 0. The average Bonchev–Trinajstić information content (AvgIpc) is 3.23. The average molecular weight is 380 g/mol. The van der Waals surface area contributed by atoms with E-state index >= 15 is 0 Å². The molecule has 0 aliphatic carbocycles. The third-order valence-electron chi connectivity index (χ3n) is 6.02. The van der Waals surface area contributed by atoms with Crippen molar-refractivity contribution in [2.75, 3.05) is 44.3 Å². The smallest absolute Gasteiger partial charge is 0.161 e. The van der Waals surface area contributed by atoms with Crippen LogP contribution in [0.3, 0.4) is 0 Å². The lowest BCUT2D eigenvalue weighted by Crippen LogP contribution is -2.42. The van der Waals surface area contributed by atoms with Gasteiger partial charge in [-0.15, -0.1) is 0 Å². The fourth-order valence-electron chi connectivity index (χ4n) is 4.44. The zero-order chi connectivity index (χ0) is 18.8. The molecule has 0 bridgehead atoms. The maximum absolute atomic E-state index is 6.03. The normalized spacial score (nSPS) is 21.3. The molecular weight excluding hydrogens is 352 g/mol. The molecule has 0 saturated carbocycles. The maximum atomic E-state index is 6.03. The zero-order valence-corrected chi connectivity index (χ0v) is 16.2. The molecule has 5 nitrogen and oxygen atoms in total. The molecule has 0 aromatic heterocycles. The van der Waals surface area contributed by atoms with E-state index in [1.807, 2.05) is 24.3 Å². The van der Waals surface area contributed by atoms with Crippen molar-refractivity contribution in [3.8, 4) is 17.2 Å². The molecule has 2 aromatic carbocycles. The molecule has 3 aliphatic heterocycles. The van der Waals surface area contributed by atoms with Crippen LogP contribution in [0.25, 0.3) is 0 Å². The van der Waals surface area contributed by atoms with Crippen LogP contribution in [-0.2, 0) is 6.42 Å². The van der Waals surface area contributed by atoms with Crippen LogP contribution in [0.15, 0.2) is 42.5 Å². The fourth-order valence-corrected chi connectivity index (χ4v) is 4.44. The quantitative estimate of drug-likeness (QED) is 0.862. The molecule has 1 atom stereocenters. The number of benzene rings is 2. The number of para-hydroxylation sites is 3. The first-order valence-corrected chi connectivity index (χ1v) is 10.5. The molecule has 0 spiro atoms. The van der Waals surface area contributed by atoms with Crippen molar-refractivity contribution in [1.29, 1.82) is 0 Å². The molecule has 5 heteroatoms. The van der Waals surface area contributed by atoms with Crippen LogP contribution in [-0.4, -0.2) is 45.5 Å². The highest BCUT2D eigenvalue weighted by atomic mass is 16.6. The van der Waals surface area contributed by atoms with Gasteiger partial charge in [-0.25, -0.2) is 0 Å². The first kappa shape index (κ1) is 17.7. The molecule has 28 heavy (non-hydrogen) atoms.